The Kier molecular flexibility index (Phi) is 23.9. The number of fused-ring (bicyclic) bond motifs is 1. The molecule has 2 amide bonds. The SMILES string of the molecule is CC.CC.CC.CC(C)(C)OC(=O)CCC(C(N)=O)N1Cc2cc(OCCOCCBr)ccc2C1=O.Cc1cccc(C)n1. The molecular formula is C34H56BrN3O6. The number of benzene rings is 1. The minimum atomic E-state index is -0.889. The first kappa shape index (κ1) is 43.1. The molecule has 1 aliphatic heterocycles. The molecule has 0 spiro atoms. The molecule has 44 heavy (non-hydrogen) atoms. The molecule has 1 atom stereocenters. The number of hydrogen-bond acceptors (Lipinski definition) is 7. The second kappa shape index (κ2) is 24.4. The number of aromatic nitrogens is 1. The Morgan fingerprint density at radius 1 is 0.977 bits per heavy atom. The van der Waals surface area contributed by atoms with E-state index in [1.54, 1.807) is 39.0 Å². The Bertz CT molecular complexity index is 1090. The van der Waals surface area contributed by atoms with E-state index in [1.165, 1.54) is 4.90 Å². The van der Waals surface area contributed by atoms with Gasteiger partial charge in [-0.2, -0.15) is 0 Å². The summed E-state index contributed by atoms with van der Waals surface area (Å²) in [7, 11) is 0. The van der Waals surface area contributed by atoms with E-state index in [-0.39, 0.29) is 25.3 Å². The Hall–Kier alpha value is -2.98. The molecule has 1 aliphatic rings. The van der Waals surface area contributed by atoms with Crippen LogP contribution >= 0.6 is 15.9 Å². The van der Waals surface area contributed by atoms with Gasteiger partial charge in [0.25, 0.3) is 5.91 Å². The monoisotopic (exact) mass is 681 g/mol. The summed E-state index contributed by atoms with van der Waals surface area (Å²) in [6.45, 7) is 23.0. The van der Waals surface area contributed by atoms with Gasteiger partial charge < -0.3 is 24.8 Å². The van der Waals surface area contributed by atoms with E-state index in [9.17, 15) is 14.4 Å². The predicted octanol–water partition coefficient (Wildman–Crippen LogP) is 7.19. The van der Waals surface area contributed by atoms with Gasteiger partial charge in [-0.1, -0.05) is 63.5 Å². The maximum atomic E-state index is 12.8. The fraction of sp³-hybridized carbons (Fsp3) is 0.588. The number of rotatable bonds is 11. The lowest BCUT2D eigenvalue weighted by Crippen LogP contribution is -2.45. The number of nitrogens with zero attached hydrogens (tertiary/aromatic N) is 2. The van der Waals surface area contributed by atoms with Gasteiger partial charge in [-0.15, -0.1) is 0 Å². The van der Waals surface area contributed by atoms with Crippen LogP contribution in [0.4, 0.5) is 0 Å². The third kappa shape index (κ3) is 17.3. The van der Waals surface area contributed by atoms with Crippen LogP contribution in [0.5, 0.6) is 5.75 Å². The minimum absolute atomic E-state index is 0.00619. The van der Waals surface area contributed by atoms with Crippen molar-refractivity contribution in [3.05, 3.63) is 58.9 Å². The van der Waals surface area contributed by atoms with Gasteiger partial charge in [0, 0.05) is 35.2 Å². The number of primary amides is 1. The molecule has 10 heteroatoms. The van der Waals surface area contributed by atoms with E-state index < -0.39 is 23.5 Å². The molecule has 250 valence electrons. The molecule has 3 rings (SSSR count). The molecular weight excluding hydrogens is 626 g/mol. The van der Waals surface area contributed by atoms with Gasteiger partial charge in [-0.05, 0) is 76.9 Å². The first-order chi connectivity index (χ1) is 20.9. The second-order valence-electron chi connectivity index (χ2n) is 9.87. The van der Waals surface area contributed by atoms with Crippen LogP contribution in [0.25, 0.3) is 0 Å². The zero-order chi connectivity index (χ0) is 34.3. The highest BCUT2D eigenvalue weighted by Gasteiger charge is 2.36. The highest BCUT2D eigenvalue weighted by Crippen LogP contribution is 2.29. The number of carbonyl (C=O) groups excluding carboxylic acids is 3. The van der Waals surface area contributed by atoms with Crippen LogP contribution in [0, 0.1) is 13.8 Å². The maximum Gasteiger partial charge on any atom is 0.306 e. The van der Waals surface area contributed by atoms with Crippen molar-refractivity contribution in [3.8, 4) is 5.75 Å². The van der Waals surface area contributed by atoms with E-state index in [0.717, 1.165) is 22.3 Å². The molecule has 0 aliphatic carbocycles. The number of aryl methyl sites for hydroxylation is 2. The smallest absolute Gasteiger partial charge is 0.306 e. The molecule has 2 heterocycles. The number of hydrogen-bond donors (Lipinski definition) is 1. The van der Waals surface area contributed by atoms with Gasteiger partial charge in [-0.3, -0.25) is 19.4 Å². The Balaban J connectivity index is 0. The van der Waals surface area contributed by atoms with Crippen LogP contribution in [0.15, 0.2) is 36.4 Å². The van der Waals surface area contributed by atoms with Crippen LogP contribution in [-0.2, 0) is 25.6 Å². The molecule has 0 radical (unpaired) electrons. The molecule has 0 saturated carbocycles. The lowest BCUT2D eigenvalue weighted by Gasteiger charge is -2.25. The summed E-state index contributed by atoms with van der Waals surface area (Å²) in [5.74, 6) is -0.753. The Morgan fingerprint density at radius 2 is 1.57 bits per heavy atom. The zero-order valence-corrected chi connectivity index (χ0v) is 30.4. The third-order valence-corrected chi connectivity index (χ3v) is 5.72. The van der Waals surface area contributed by atoms with E-state index in [1.807, 2.05) is 73.6 Å². The summed E-state index contributed by atoms with van der Waals surface area (Å²) < 4.78 is 16.3. The molecule has 1 aromatic carbocycles. The molecule has 1 aromatic heterocycles. The normalized spacial score (nSPS) is 11.9. The molecule has 0 saturated heterocycles. The lowest BCUT2D eigenvalue weighted by atomic mass is 10.1. The first-order valence-electron chi connectivity index (χ1n) is 15.5. The highest BCUT2D eigenvalue weighted by atomic mass is 79.9. The topological polar surface area (TPSA) is 121 Å². The van der Waals surface area contributed by atoms with Crippen molar-refractivity contribution < 1.29 is 28.6 Å². The molecule has 9 nitrogen and oxygen atoms in total. The number of pyridine rings is 1. The third-order valence-electron chi connectivity index (χ3n) is 5.40. The molecule has 2 N–H and O–H groups in total. The van der Waals surface area contributed by atoms with Crippen molar-refractivity contribution in [1.82, 2.24) is 9.88 Å². The van der Waals surface area contributed by atoms with Gasteiger partial charge in [0.1, 0.15) is 24.0 Å². The Labute approximate surface area is 274 Å². The van der Waals surface area contributed by atoms with E-state index in [2.05, 4.69) is 20.9 Å². The van der Waals surface area contributed by atoms with Crippen LogP contribution in [0.3, 0.4) is 0 Å². The number of esters is 1. The highest BCUT2D eigenvalue weighted by molar-refractivity contribution is 9.09. The van der Waals surface area contributed by atoms with Crippen molar-refractivity contribution in [3.63, 3.8) is 0 Å². The Morgan fingerprint density at radius 3 is 2.05 bits per heavy atom. The number of amides is 2. The lowest BCUT2D eigenvalue weighted by molar-refractivity contribution is -0.155. The van der Waals surface area contributed by atoms with Gasteiger partial charge in [0.05, 0.1) is 13.2 Å². The van der Waals surface area contributed by atoms with Crippen molar-refractivity contribution in [2.45, 2.75) is 107 Å². The van der Waals surface area contributed by atoms with Gasteiger partial charge >= 0.3 is 5.97 Å². The van der Waals surface area contributed by atoms with Gasteiger partial charge in [0.2, 0.25) is 5.91 Å². The summed E-state index contributed by atoms with van der Waals surface area (Å²) in [4.78, 5) is 42.4. The van der Waals surface area contributed by atoms with Crippen molar-refractivity contribution >= 4 is 33.7 Å². The summed E-state index contributed by atoms with van der Waals surface area (Å²) in [5, 5.41) is 0.763. The van der Waals surface area contributed by atoms with Crippen LogP contribution in [0.1, 0.15) is 102 Å². The van der Waals surface area contributed by atoms with E-state index in [0.29, 0.717) is 31.1 Å². The van der Waals surface area contributed by atoms with Crippen LogP contribution in [-0.4, -0.2) is 64.5 Å². The number of alkyl halides is 1. The van der Waals surface area contributed by atoms with Crippen molar-refractivity contribution in [1.29, 1.82) is 0 Å². The summed E-state index contributed by atoms with van der Waals surface area (Å²) in [6, 6.07) is 10.3. The maximum absolute atomic E-state index is 12.8. The molecule has 0 bridgehead atoms. The number of carbonyl (C=O) groups is 3. The average molecular weight is 683 g/mol. The average Bonchev–Trinajstić information content (AvgIpc) is 3.30. The van der Waals surface area contributed by atoms with E-state index >= 15 is 0 Å². The fourth-order valence-electron chi connectivity index (χ4n) is 3.81. The van der Waals surface area contributed by atoms with Crippen LogP contribution in [0.2, 0.25) is 0 Å². The predicted molar refractivity (Wildman–Crippen MR) is 182 cm³/mol. The van der Waals surface area contributed by atoms with Crippen molar-refractivity contribution in [2.24, 2.45) is 5.73 Å². The first-order valence-corrected chi connectivity index (χ1v) is 16.6. The quantitative estimate of drug-likeness (QED) is 0.151. The van der Waals surface area contributed by atoms with Gasteiger partial charge in [-0.25, -0.2) is 0 Å². The zero-order valence-electron chi connectivity index (χ0n) is 28.8. The number of nitrogens with two attached hydrogens (primary N) is 1. The second-order valence-corrected chi connectivity index (χ2v) is 10.7. The molecule has 2 aromatic rings. The van der Waals surface area contributed by atoms with E-state index in [4.69, 9.17) is 19.9 Å². The molecule has 1 unspecified atom stereocenters. The number of ether oxygens (including phenoxy) is 3. The summed E-state index contributed by atoms with van der Waals surface area (Å²) >= 11 is 3.28. The number of halogens is 1. The molecule has 0 fully saturated rings. The summed E-state index contributed by atoms with van der Waals surface area (Å²) in [5.41, 5.74) is 8.35. The van der Waals surface area contributed by atoms with Crippen molar-refractivity contribution in [2.75, 3.05) is 25.2 Å². The van der Waals surface area contributed by atoms with Crippen LogP contribution < -0.4 is 10.5 Å². The minimum Gasteiger partial charge on any atom is -0.491 e. The largest absolute Gasteiger partial charge is 0.491 e. The fourth-order valence-corrected chi connectivity index (χ4v) is 4.04. The summed E-state index contributed by atoms with van der Waals surface area (Å²) in [6.07, 6.45) is 0.103. The standard InChI is InChI=1S/C21H29BrN2O6.C7H9N.3C2H6/c1-21(2,3)30-18(25)7-6-17(19(23)26)24-13-14-12-15(4-5-16(14)20(24)27)29-11-10-28-9-8-22;1-6-4-3-5-7(2)8-6;3*1-2/h4-5,12,17H,6-11,13H2,1-3H3,(H2,23,26);3-5H,1-2H3;3*1-2H3. The van der Waals surface area contributed by atoms with Gasteiger partial charge in [0.15, 0.2) is 0 Å².